The molecule has 0 saturated heterocycles. The molecule has 1 fully saturated rings. The second kappa shape index (κ2) is 5.80. The fourth-order valence-corrected chi connectivity index (χ4v) is 2.32. The monoisotopic (exact) mass is 257 g/mol. The van der Waals surface area contributed by atoms with E-state index in [1.54, 1.807) is 6.07 Å². The van der Waals surface area contributed by atoms with Crippen LogP contribution in [-0.2, 0) is 11.3 Å². The van der Waals surface area contributed by atoms with Gasteiger partial charge in [0.25, 0.3) is 0 Å². The molecule has 0 atom stereocenters. The van der Waals surface area contributed by atoms with Crippen LogP contribution < -0.4 is 5.32 Å². The molecule has 0 heterocycles. The number of hydrogen-bond acceptors (Lipinski definition) is 2. The molecular formula is C13H17ClFNO. The number of hydrogen-bond donors (Lipinski definition) is 1. The molecule has 0 amide bonds. The number of ether oxygens (including phenoxy) is 1. The van der Waals surface area contributed by atoms with E-state index < -0.39 is 0 Å². The summed E-state index contributed by atoms with van der Waals surface area (Å²) in [5.41, 5.74) is 0.884. The van der Waals surface area contributed by atoms with Gasteiger partial charge in [-0.15, -0.1) is 0 Å². The molecule has 2 rings (SSSR count). The molecule has 1 aliphatic carbocycles. The first-order valence-corrected chi connectivity index (χ1v) is 6.35. The van der Waals surface area contributed by atoms with E-state index in [2.05, 4.69) is 5.32 Å². The quantitative estimate of drug-likeness (QED) is 0.875. The molecule has 1 N–H and O–H groups in total. The Morgan fingerprint density at radius 3 is 2.82 bits per heavy atom. The highest BCUT2D eigenvalue weighted by Gasteiger charge is 2.28. The van der Waals surface area contributed by atoms with Crippen molar-refractivity contribution < 1.29 is 9.13 Å². The third-order valence-electron chi connectivity index (χ3n) is 3.01. The molecule has 1 aromatic rings. The van der Waals surface area contributed by atoms with Gasteiger partial charge in [0.15, 0.2) is 0 Å². The molecule has 0 spiro atoms. The van der Waals surface area contributed by atoms with Crippen molar-refractivity contribution in [3.05, 3.63) is 34.6 Å². The van der Waals surface area contributed by atoms with Crippen LogP contribution in [0, 0.1) is 5.82 Å². The zero-order valence-electron chi connectivity index (χ0n) is 9.88. The summed E-state index contributed by atoms with van der Waals surface area (Å²) in [5.74, 6) is -0.282. The highest BCUT2D eigenvalue weighted by Crippen LogP contribution is 2.23. The minimum atomic E-state index is -0.282. The van der Waals surface area contributed by atoms with Crippen molar-refractivity contribution >= 4 is 11.6 Å². The fraction of sp³-hybridized carbons (Fsp3) is 0.538. The third-order valence-corrected chi connectivity index (χ3v) is 3.23. The molecule has 0 aliphatic heterocycles. The first-order valence-electron chi connectivity index (χ1n) is 5.97. The summed E-state index contributed by atoms with van der Waals surface area (Å²) in [7, 11) is 0. The van der Waals surface area contributed by atoms with Crippen LogP contribution in [0.2, 0.25) is 5.02 Å². The molecule has 1 aliphatic rings. The molecule has 4 heteroatoms. The maximum absolute atomic E-state index is 13.1. The van der Waals surface area contributed by atoms with E-state index in [9.17, 15) is 4.39 Å². The molecule has 94 valence electrons. The molecule has 1 saturated carbocycles. The van der Waals surface area contributed by atoms with Crippen LogP contribution in [0.15, 0.2) is 18.2 Å². The fourth-order valence-electron chi connectivity index (χ4n) is 2.08. The predicted molar refractivity (Wildman–Crippen MR) is 66.7 cm³/mol. The average molecular weight is 258 g/mol. The van der Waals surface area contributed by atoms with Crippen molar-refractivity contribution in [1.82, 2.24) is 5.32 Å². The van der Waals surface area contributed by atoms with E-state index in [4.69, 9.17) is 16.3 Å². The van der Waals surface area contributed by atoms with Crippen LogP contribution in [0.3, 0.4) is 0 Å². The second-order valence-corrected chi connectivity index (χ2v) is 4.84. The Kier molecular flexibility index (Phi) is 4.37. The van der Waals surface area contributed by atoms with Crippen molar-refractivity contribution in [2.75, 3.05) is 6.61 Å². The van der Waals surface area contributed by atoms with Gasteiger partial charge in [-0.1, -0.05) is 11.6 Å². The Bertz CT molecular complexity index is 359. The van der Waals surface area contributed by atoms with E-state index in [1.165, 1.54) is 12.1 Å². The normalized spacial score (nSPS) is 23.5. The van der Waals surface area contributed by atoms with Gasteiger partial charge in [0.1, 0.15) is 5.82 Å². The molecule has 0 radical (unpaired) electrons. The minimum Gasteiger partial charge on any atom is -0.378 e. The maximum atomic E-state index is 13.1. The summed E-state index contributed by atoms with van der Waals surface area (Å²) < 4.78 is 18.6. The first-order chi connectivity index (χ1) is 8.17. The minimum absolute atomic E-state index is 0.282. The third kappa shape index (κ3) is 3.66. The lowest BCUT2D eigenvalue weighted by Crippen LogP contribution is -2.45. The summed E-state index contributed by atoms with van der Waals surface area (Å²) in [6.45, 7) is 3.44. The van der Waals surface area contributed by atoms with Gasteiger partial charge >= 0.3 is 0 Å². The molecule has 0 bridgehead atoms. The number of rotatable bonds is 5. The van der Waals surface area contributed by atoms with Gasteiger partial charge in [-0.25, -0.2) is 4.39 Å². The van der Waals surface area contributed by atoms with Gasteiger partial charge in [-0.05, 0) is 43.5 Å². The van der Waals surface area contributed by atoms with E-state index in [0.29, 0.717) is 23.7 Å². The van der Waals surface area contributed by atoms with Gasteiger partial charge in [0.05, 0.1) is 6.10 Å². The van der Waals surface area contributed by atoms with E-state index in [0.717, 1.165) is 25.0 Å². The zero-order valence-corrected chi connectivity index (χ0v) is 10.6. The largest absolute Gasteiger partial charge is 0.378 e. The smallest absolute Gasteiger partial charge is 0.125 e. The number of halogens is 2. The van der Waals surface area contributed by atoms with Gasteiger partial charge in [0.2, 0.25) is 0 Å². The Balaban J connectivity index is 1.76. The van der Waals surface area contributed by atoms with Crippen LogP contribution in [0.1, 0.15) is 25.3 Å². The van der Waals surface area contributed by atoms with Crippen molar-refractivity contribution in [1.29, 1.82) is 0 Å². The molecule has 17 heavy (non-hydrogen) atoms. The van der Waals surface area contributed by atoms with Crippen LogP contribution in [-0.4, -0.2) is 18.8 Å². The van der Waals surface area contributed by atoms with E-state index >= 15 is 0 Å². The standard InChI is InChI=1S/C13H17ClFNO/c1-2-17-13-6-12(7-13)16-8-9-3-10(14)5-11(15)4-9/h3-5,12-13,16H,2,6-8H2,1H3. The summed E-state index contributed by atoms with van der Waals surface area (Å²) in [4.78, 5) is 0. The summed E-state index contributed by atoms with van der Waals surface area (Å²) in [6, 6.07) is 5.10. The van der Waals surface area contributed by atoms with Crippen LogP contribution in [0.5, 0.6) is 0 Å². The number of benzene rings is 1. The molecular weight excluding hydrogens is 241 g/mol. The average Bonchev–Trinajstić information content (AvgIpc) is 2.19. The predicted octanol–water partition coefficient (Wildman–Crippen LogP) is 3.14. The van der Waals surface area contributed by atoms with Crippen LogP contribution in [0.4, 0.5) is 4.39 Å². The van der Waals surface area contributed by atoms with Crippen molar-refractivity contribution in [2.45, 2.75) is 38.5 Å². The lowest BCUT2D eigenvalue weighted by Gasteiger charge is -2.35. The Labute approximate surface area is 106 Å². The zero-order chi connectivity index (χ0) is 12.3. The molecule has 0 aromatic heterocycles. The highest BCUT2D eigenvalue weighted by molar-refractivity contribution is 6.30. The Morgan fingerprint density at radius 1 is 1.41 bits per heavy atom. The van der Waals surface area contributed by atoms with Crippen molar-refractivity contribution in [3.63, 3.8) is 0 Å². The molecule has 2 nitrogen and oxygen atoms in total. The van der Waals surface area contributed by atoms with Gasteiger partial charge in [-0.3, -0.25) is 0 Å². The Morgan fingerprint density at radius 2 is 2.18 bits per heavy atom. The molecule has 0 unspecified atom stereocenters. The first kappa shape index (κ1) is 12.8. The summed E-state index contributed by atoms with van der Waals surface area (Å²) in [5, 5.41) is 3.82. The highest BCUT2D eigenvalue weighted by atomic mass is 35.5. The maximum Gasteiger partial charge on any atom is 0.125 e. The SMILES string of the molecule is CCOC1CC(NCc2cc(F)cc(Cl)c2)C1. The van der Waals surface area contributed by atoms with Gasteiger partial charge in [-0.2, -0.15) is 0 Å². The lowest BCUT2D eigenvalue weighted by atomic mass is 9.89. The van der Waals surface area contributed by atoms with Crippen LogP contribution in [0.25, 0.3) is 0 Å². The van der Waals surface area contributed by atoms with Crippen molar-refractivity contribution in [3.8, 4) is 0 Å². The molecule has 1 aromatic carbocycles. The van der Waals surface area contributed by atoms with Crippen LogP contribution >= 0.6 is 11.6 Å². The van der Waals surface area contributed by atoms with Crippen molar-refractivity contribution in [2.24, 2.45) is 0 Å². The summed E-state index contributed by atoms with van der Waals surface area (Å²) >= 11 is 5.79. The summed E-state index contributed by atoms with van der Waals surface area (Å²) in [6.07, 6.45) is 2.47. The van der Waals surface area contributed by atoms with Gasteiger partial charge < -0.3 is 10.1 Å². The van der Waals surface area contributed by atoms with Gasteiger partial charge in [0, 0.05) is 24.2 Å². The Hall–Kier alpha value is -0.640. The topological polar surface area (TPSA) is 21.3 Å². The van der Waals surface area contributed by atoms with E-state index in [1.807, 2.05) is 6.92 Å². The van der Waals surface area contributed by atoms with E-state index in [-0.39, 0.29) is 5.82 Å². The number of nitrogens with one attached hydrogen (secondary N) is 1. The lowest BCUT2D eigenvalue weighted by molar-refractivity contribution is -0.0102. The second-order valence-electron chi connectivity index (χ2n) is 4.40.